The van der Waals surface area contributed by atoms with Gasteiger partial charge in [-0.1, -0.05) is 11.6 Å². The first-order valence-electron chi connectivity index (χ1n) is 3.35. The number of hydrogen-bond acceptors (Lipinski definition) is 1. The van der Waals surface area contributed by atoms with E-state index in [1.54, 1.807) is 0 Å². The monoisotopic (exact) mass is 252 g/mol. The molecule has 1 nitrogen and oxygen atoms in total. The van der Waals surface area contributed by atoms with Crippen LogP contribution >= 0.6 is 27.5 Å². The van der Waals surface area contributed by atoms with Crippen molar-refractivity contribution in [3.05, 3.63) is 33.0 Å². The zero-order valence-electron chi connectivity index (χ0n) is 6.31. The molecule has 66 valence electrons. The van der Waals surface area contributed by atoms with Crippen molar-refractivity contribution >= 4 is 27.5 Å². The molecule has 1 rings (SSSR count). The molecule has 0 amide bonds. The molecule has 0 aromatic heterocycles. The fourth-order valence-electron chi connectivity index (χ4n) is 0.926. The van der Waals surface area contributed by atoms with Crippen LogP contribution in [0.5, 0.6) is 0 Å². The van der Waals surface area contributed by atoms with E-state index in [1.165, 1.54) is 19.1 Å². The van der Waals surface area contributed by atoms with Crippen LogP contribution in [0.25, 0.3) is 0 Å². The Morgan fingerprint density at radius 3 is 2.58 bits per heavy atom. The summed E-state index contributed by atoms with van der Waals surface area (Å²) in [5, 5.41) is 9.41. The minimum absolute atomic E-state index is 0.131. The maximum absolute atomic E-state index is 13.2. The molecular weight excluding hydrogens is 246 g/mol. The van der Waals surface area contributed by atoms with Crippen molar-refractivity contribution in [3.63, 3.8) is 0 Å². The molecule has 0 saturated carbocycles. The summed E-state index contributed by atoms with van der Waals surface area (Å²) in [7, 11) is 0. The highest BCUT2D eigenvalue weighted by Crippen LogP contribution is 2.30. The van der Waals surface area contributed by atoms with Crippen LogP contribution in [-0.2, 0) is 0 Å². The average Bonchev–Trinajstić information content (AvgIpc) is 1.97. The van der Waals surface area contributed by atoms with Crippen LogP contribution in [-0.4, -0.2) is 5.11 Å². The van der Waals surface area contributed by atoms with Gasteiger partial charge in [-0.05, 0) is 35.0 Å². The van der Waals surface area contributed by atoms with Gasteiger partial charge in [-0.3, -0.25) is 0 Å². The molecule has 0 aliphatic rings. The van der Waals surface area contributed by atoms with Crippen molar-refractivity contribution in [1.82, 2.24) is 0 Å². The summed E-state index contributed by atoms with van der Waals surface area (Å²) in [5.41, 5.74) is 0.131. The predicted molar refractivity (Wildman–Crippen MR) is 49.7 cm³/mol. The predicted octanol–water partition coefficient (Wildman–Crippen LogP) is 3.29. The topological polar surface area (TPSA) is 20.2 Å². The Morgan fingerprint density at radius 1 is 1.58 bits per heavy atom. The minimum Gasteiger partial charge on any atom is -0.389 e. The smallest absolute Gasteiger partial charge is 0.144 e. The van der Waals surface area contributed by atoms with E-state index < -0.39 is 11.9 Å². The van der Waals surface area contributed by atoms with Gasteiger partial charge in [-0.15, -0.1) is 0 Å². The van der Waals surface area contributed by atoms with Crippen LogP contribution in [0.4, 0.5) is 4.39 Å². The lowest BCUT2D eigenvalue weighted by atomic mass is 10.1. The molecule has 0 bridgehead atoms. The molecule has 1 atom stereocenters. The molecule has 4 heteroatoms. The Morgan fingerprint density at radius 2 is 2.17 bits per heavy atom. The van der Waals surface area contributed by atoms with Crippen molar-refractivity contribution in [2.75, 3.05) is 0 Å². The van der Waals surface area contributed by atoms with E-state index in [2.05, 4.69) is 15.9 Å². The summed E-state index contributed by atoms with van der Waals surface area (Å²) in [5.74, 6) is -0.502. The second-order valence-corrected chi connectivity index (χ2v) is 3.69. The van der Waals surface area contributed by atoms with Gasteiger partial charge in [0.2, 0.25) is 0 Å². The van der Waals surface area contributed by atoms with Crippen LogP contribution in [0.2, 0.25) is 5.02 Å². The first-order valence-corrected chi connectivity index (χ1v) is 4.52. The number of aliphatic hydroxyl groups is 1. The van der Waals surface area contributed by atoms with Gasteiger partial charge in [0, 0.05) is 10.6 Å². The zero-order valence-corrected chi connectivity index (χ0v) is 8.66. The van der Waals surface area contributed by atoms with E-state index in [0.717, 1.165) is 0 Å². The summed E-state index contributed by atoms with van der Waals surface area (Å²) >= 11 is 8.68. The van der Waals surface area contributed by atoms with Crippen LogP contribution in [0.1, 0.15) is 18.6 Å². The standard InChI is InChI=1S/C8H7BrClFO/c1-4(12)7-6(10)3-2-5(9)8(7)11/h2-4,12H,1H3. The van der Waals surface area contributed by atoms with Crippen LogP contribution in [0.15, 0.2) is 16.6 Å². The molecule has 0 aliphatic carbocycles. The lowest BCUT2D eigenvalue weighted by Gasteiger charge is -2.09. The lowest BCUT2D eigenvalue weighted by molar-refractivity contribution is 0.194. The summed E-state index contributed by atoms with van der Waals surface area (Å²) in [6.45, 7) is 1.47. The second-order valence-electron chi connectivity index (χ2n) is 2.43. The Hall–Kier alpha value is -0.120. The Balaban J connectivity index is 3.33. The van der Waals surface area contributed by atoms with Gasteiger partial charge in [0.05, 0.1) is 10.6 Å². The Labute approximate surface area is 83.3 Å². The molecule has 0 saturated heterocycles. The maximum Gasteiger partial charge on any atom is 0.144 e. The Kier molecular flexibility index (Phi) is 3.09. The fraction of sp³-hybridized carbons (Fsp3) is 0.250. The van der Waals surface area contributed by atoms with Gasteiger partial charge in [0.25, 0.3) is 0 Å². The van der Waals surface area contributed by atoms with Crippen molar-refractivity contribution in [2.24, 2.45) is 0 Å². The molecule has 0 aliphatic heterocycles. The van der Waals surface area contributed by atoms with Crippen LogP contribution in [0, 0.1) is 5.82 Å². The largest absolute Gasteiger partial charge is 0.389 e. The fourth-order valence-corrected chi connectivity index (χ4v) is 1.58. The number of hydrogen-bond donors (Lipinski definition) is 1. The van der Waals surface area contributed by atoms with Crippen LogP contribution in [0.3, 0.4) is 0 Å². The number of rotatable bonds is 1. The third kappa shape index (κ3) is 1.79. The van der Waals surface area contributed by atoms with E-state index in [4.69, 9.17) is 16.7 Å². The zero-order chi connectivity index (χ0) is 9.30. The molecule has 0 spiro atoms. The SMILES string of the molecule is CC(O)c1c(Cl)ccc(Br)c1F. The third-order valence-corrected chi connectivity index (χ3v) is 2.44. The average molecular weight is 253 g/mol. The highest BCUT2D eigenvalue weighted by atomic mass is 79.9. The molecule has 0 heterocycles. The van der Waals surface area contributed by atoms with Gasteiger partial charge in [0.15, 0.2) is 0 Å². The molecule has 1 aromatic carbocycles. The first-order chi connectivity index (χ1) is 5.54. The first kappa shape index (κ1) is 9.96. The minimum atomic E-state index is -0.894. The summed E-state index contributed by atoms with van der Waals surface area (Å²) < 4.78 is 13.5. The Bertz CT molecular complexity index is 301. The quantitative estimate of drug-likeness (QED) is 0.762. The van der Waals surface area contributed by atoms with E-state index >= 15 is 0 Å². The highest BCUT2D eigenvalue weighted by Gasteiger charge is 2.14. The molecular formula is C8H7BrClFO. The van der Waals surface area contributed by atoms with E-state index in [0.29, 0.717) is 4.47 Å². The van der Waals surface area contributed by atoms with E-state index in [9.17, 15) is 4.39 Å². The molecule has 12 heavy (non-hydrogen) atoms. The highest BCUT2D eigenvalue weighted by molar-refractivity contribution is 9.10. The molecule has 1 aromatic rings. The van der Waals surface area contributed by atoms with Crippen molar-refractivity contribution < 1.29 is 9.50 Å². The molecule has 1 unspecified atom stereocenters. The lowest BCUT2D eigenvalue weighted by Crippen LogP contribution is -1.97. The van der Waals surface area contributed by atoms with Crippen molar-refractivity contribution in [3.8, 4) is 0 Å². The van der Waals surface area contributed by atoms with Gasteiger partial charge < -0.3 is 5.11 Å². The summed E-state index contributed by atoms with van der Waals surface area (Å²) in [6.07, 6.45) is -0.894. The summed E-state index contributed by atoms with van der Waals surface area (Å²) in [4.78, 5) is 0. The second kappa shape index (κ2) is 3.73. The maximum atomic E-state index is 13.2. The van der Waals surface area contributed by atoms with E-state index in [1.807, 2.05) is 0 Å². The number of benzene rings is 1. The van der Waals surface area contributed by atoms with Crippen molar-refractivity contribution in [1.29, 1.82) is 0 Å². The van der Waals surface area contributed by atoms with Gasteiger partial charge >= 0.3 is 0 Å². The van der Waals surface area contributed by atoms with Gasteiger partial charge in [-0.2, -0.15) is 0 Å². The number of halogens is 3. The van der Waals surface area contributed by atoms with Gasteiger partial charge in [-0.25, -0.2) is 4.39 Å². The third-order valence-electron chi connectivity index (χ3n) is 1.50. The van der Waals surface area contributed by atoms with Crippen LogP contribution < -0.4 is 0 Å². The normalized spacial score (nSPS) is 13.1. The molecule has 0 fully saturated rings. The summed E-state index contributed by atoms with van der Waals surface area (Å²) in [6, 6.07) is 3.04. The molecule has 1 N–H and O–H groups in total. The van der Waals surface area contributed by atoms with Crippen molar-refractivity contribution in [2.45, 2.75) is 13.0 Å². The number of aliphatic hydroxyl groups excluding tert-OH is 1. The molecule has 0 radical (unpaired) electrons. The van der Waals surface area contributed by atoms with Gasteiger partial charge in [0.1, 0.15) is 5.82 Å². The van der Waals surface area contributed by atoms with E-state index in [-0.39, 0.29) is 10.6 Å².